The van der Waals surface area contributed by atoms with Crippen LogP contribution in [0.4, 0.5) is 0 Å². The van der Waals surface area contributed by atoms with E-state index in [4.69, 9.17) is 10.5 Å². The Morgan fingerprint density at radius 3 is 2.50 bits per heavy atom. The summed E-state index contributed by atoms with van der Waals surface area (Å²) in [4.78, 5) is 2.45. The number of ether oxygens (including phenoxy) is 1. The number of hydrogen-bond acceptors (Lipinski definition) is 3. The molecule has 1 aliphatic heterocycles. The Hall–Kier alpha value is -0.120. The number of methoxy groups -OCH3 is 1. The summed E-state index contributed by atoms with van der Waals surface area (Å²) in [5.74, 6) is 0. The zero-order valence-corrected chi connectivity index (χ0v) is 7.96. The van der Waals surface area contributed by atoms with E-state index in [1.54, 1.807) is 7.11 Å². The minimum absolute atomic E-state index is 0.225. The van der Waals surface area contributed by atoms with Gasteiger partial charge < -0.3 is 15.4 Å². The molecule has 0 aromatic heterocycles. The van der Waals surface area contributed by atoms with Crippen LogP contribution in [0.1, 0.15) is 19.3 Å². The average Bonchev–Trinajstić information content (AvgIpc) is 2.16. The predicted octanol–water partition coefficient (Wildman–Crippen LogP) is 0.446. The number of piperidine rings is 1. The van der Waals surface area contributed by atoms with Crippen LogP contribution in [0.15, 0.2) is 0 Å². The van der Waals surface area contributed by atoms with Crippen LogP contribution in [0, 0.1) is 0 Å². The van der Waals surface area contributed by atoms with Crippen molar-refractivity contribution in [2.45, 2.75) is 25.4 Å². The van der Waals surface area contributed by atoms with Crippen LogP contribution in [0.5, 0.6) is 0 Å². The van der Waals surface area contributed by atoms with Gasteiger partial charge in [-0.15, -0.1) is 0 Å². The summed E-state index contributed by atoms with van der Waals surface area (Å²) in [6.07, 6.45) is 4.28. The van der Waals surface area contributed by atoms with Crippen molar-refractivity contribution in [2.24, 2.45) is 5.73 Å². The maximum absolute atomic E-state index is 5.55. The molecule has 0 aliphatic carbocycles. The van der Waals surface area contributed by atoms with Crippen LogP contribution in [-0.2, 0) is 4.74 Å². The molecule has 1 rings (SSSR count). The van der Waals surface area contributed by atoms with Gasteiger partial charge in [-0.1, -0.05) is 6.42 Å². The zero-order chi connectivity index (χ0) is 8.81. The molecule has 12 heavy (non-hydrogen) atoms. The third-order valence-electron chi connectivity index (χ3n) is 2.51. The van der Waals surface area contributed by atoms with E-state index in [1.807, 2.05) is 0 Å². The van der Waals surface area contributed by atoms with Gasteiger partial charge in [-0.25, -0.2) is 0 Å². The van der Waals surface area contributed by atoms with Gasteiger partial charge in [0.25, 0.3) is 0 Å². The third-order valence-corrected chi connectivity index (χ3v) is 2.51. The van der Waals surface area contributed by atoms with Gasteiger partial charge in [-0.05, 0) is 25.9 Å². The van der Waals surface area contributed by atoms with E-state index in [2.05, 4.69) is 4.90 Å². The Bertz CT molecular complexity index is 109. The summed E-state index contributed by atoms with van der Waals surface area (Å²) in [5.41, 5.74) is 5.55. The highest BCUT2D eigenvalue weighted by Crippen LogP contribution is 2.09. The lowest BCUT2D eigenvalue weighted by molar-refractivity contribution is 0.0633. The number of rotatable bonds is 4. The molecule has 0 aromatic rings. The van der Waals surface area contributed by atoms with Crippen molar-refractivity contribution in [1.29, 1.82) is 0 Å². The minimum atomic E-state index is 0.225. The van der Waals surface area contributed by atoms with Crippen molar-refractivity contribution in [3.05, 3.63) is 0 Å². The van der Waals surface area contributed by atoms with E-state index in [-0.39, 0.29) is 6.10 Å². The van der Waals surface area contributed by atoms with E-state index in [0.29, 0.717) is 6.54 Å². The molecule has 1 heterocycles. The Morgan fingerprint density at radius 2 is 2.00 bits per heavy atom. The molecule has 0 saturated carbocycles. The number of hydrogen-bond donors (Lipinski definition) is 1. The van der Waals surface area contributed by atoms with Gasteiger partial charge in [0.2, 0.25) is 0 Å². The Labute approximate surface area is 74.9 Å². The van der Waals surface area contributed by atoms with Gasteiger partial charge in [0.05, 0.1) is 6.10 Å². The van der Waals surface area contributed by atoms with Crippen LogP contribution >= 0.6 is 0 Å². The molecule has 0 aromatic carbocycles. The standard InChI is InChI=1S/C9H20N2O/c1-12-9(7-10)8-11-5-3-2-4-6-11/h9H,2-8,10H2,1H3. The molecule has 0 amide bonds. The van der Waals surface area contributed by atoms with Crippen molar-refractivity contribution in [3.8, 4) is 0 Å². The van der Waals surface area contributed by atoms with Crippen molar-refractivity contribution in [1.82, 2.24) is 4.90 Å². The summed E-state index contributed by atoms with van der Waals surface area (Å²) in [5, 5.41) is 0. The first-order valence-corrected chi connectivity index (χ1v) is 4.82. The lowest BCUT2D eigenvalue weighted by Gasteiger charge is -2.29. The van der Waals surface area contributed by atoms with Gasteiger partial charge in [0.15, 0.2) is 0 Å². The smallest absolute Gasteiger partial charge is 0.0820 e. The lowest BCUT2D eigenvalue weighted by Crippen LogP contribution is -2.40. The van der Waals surface area contributed by atoms with Crippen LogP contribution in [0.2, 0.25) is 0 Å². The second kappa shape index (κ2) is 5.51. The highest BCUT2D eigenvalue weighted by Gasteiger charge is 2.14. The molecular weight excluding hydrogens is 152 g/mol. The molecule has 0 radical (unpaired) electrons. The molecule has 1 atom stereocenters. The minimum Gasteiger partial charge on any atom is -0.379 e. The fraction of sp³-hybridized carbons (Fsp3) is 1.00. The lowest BCUT2D eigenvalue weighted by atomic mass is 10.1. The van der Waals surface area contributed by atoms with Gasteiger partial charge in [0.1, 0.15) is 0 Å². The molecule has 0 spiro atoms. The largest absolute Gasteiger partial charge is 0.379 e. The first-order chi connectivity index (χ1) is 5.86. The van der Waals surface area contributed by atoms with E-state index in [9.17, 15) is 0 Å². The van der Waals surface area contributed by atoms with Crippen LogP contribution in [0.3, 0.4) is 0 Å². The molecule has 1 aliphatic rings. The topological polar surface area (TPSA) is 38.5 Å². The van der Waals surface area contributed by atoms with E-state index < -0.39 is 0 Å². The average molecular weight is 172 g/mol. The number of nitrogens with two attached hydrogens (primary N) is 1. The van der Waals surface area contributed by atoms with Crippen molar-refractivity contribution >= 4 is 0 Å². The van der Waals surface area contributed by atoms with Crippen molar-refractivity contribution in [2.75, 3.05) is 33.3 Å². The summed E-state index contributed by atoms with van der Waals surface area (Å²) in [6.45, 7) is 4.08. The zero-order valence-electron chi connectivity index (χ0n) is 7.96. The molecule has 1 unspecified atom stereocenters. The number of likely N-dealkylation sites (tertiary alicyclic amines) is 1. The Balaban J connectivity index is 2.18. The van der Waals surface area contributed by atoms with Gasteiger partial charge in [-0.2, -0.15) is 0 Å². The Morgan fingerprint density at radius 1 is 1.33 bits per heavy atom. The summed E-state index contributed by atoms with van der Waals surface area (Å²) < 4.78 is 5.24. The van der Waals surface area contributed by atoms with Crippen molar-refractivity contribution < 1.29 is 4.74 Å². The molecule has 3 nitrogen and oxygen atoms in total. The fourth-order valence-corrected chi connectivity index (χ4v) is 1.68. The second-order valence-corrected chi connectivity index (χ2v) is 3.45. The summed E-state index contributed by atoms with van der Waals surface area (Å²) in [7, 11) is 1.74. The van der Waals surface area contributed by atoms with Crippen LogP contribution in [-0.4, -0.2) is 44.3 Å². The Kier molecular flexibility index (Phi) is 4.58. The first kappa shape index (κ1) is 9.96. The van der Waals surface area contributed by atoms with Crippen LogP contribution in [0.25, 0.3) is 0 Å². The van der Waals surface area contributed by atoms with E-state index >= 15 is 0 Å². The second-order valence-electron chi connectivity index (χ2n) is 3.45. The fourth-order valence-electron chi connectivity index (χ4n) is 1.68. The third kappa shape index (κ3) is 3.09. The molecule has 0 bridgehead atoms. The molecule has 1 saturated heterocycles. The van der Waals surface area contributed by atoms with Crippen LogP contribution < -0.4 is 5.73 Å². The molecule has 3 heteroatoms. The maximum Gasteiger partial charge on any atom is 0.0820 e. The van der Waals surface area contributed by atoms with Gasteiger partial charge >= 0.3 is 0 Å². The molecule has 72 valence electrons. The first-order valence-electron chi connectivity index (χ1n) is 4.82. The van der Waals surface area contributed by atoms with Gasteiger partial charge in [-0.3, -0.25) is 0 Å². The SMILES string of the molecule is COC(CN)CN1CCCCC1. The number of nitrogens with zero attached hydrogens (tertiary/aromatic N) is 1. The monoisotopic (exact) mass is 172 g/mol. The summed E-state index contributed by atoms with van der Waals surface area (Å²) in [6, 6.07) is 0. The maximum atomic E-state index is 5.55. The summed E-state index contributed by atoms with van der Waals surface area (Å²) >= 11 is 0. The quantitative estimate of drug-likeness (QED) is 0.669. The van der Waals surface area contributed by atoms with E-state index in [1.165, 1.54) is 32.4 Å². The normalized spacial score (nSPS) is 22.5. The predicted molar refractivity (Wildman–Crippen MR) is 50.1 cm³/mol. The molecular formula is C9H20N2O. The molecule has 1 fully saturated rings. The highest BCUT2D eigenvalue weighted by molar-refractivity contribution is 4.69. The van der Waals surface area contributed by atoms with Crippen molar-refractivity contribution in [3.63, 3.8) is 0 Å². The van der Waals surface area contributed by atoms with Gasteiger partial charge in [0, 0.05) is 20.2 Å². The van der Waals surface area contributed by atoms with E-state index in [0.717, 1.165) is 6.54 Å². The highest BCUT2D eigenvalue weighted by atomic mass is 16.5. The molecule has 2 N–H and O–H groups in total.